The molecule has 0 aliphatic heterocycles. The third-order valence-corrected chi connectivity index (χ3v) is 3.73. The Bertz CT molecular complexity index is 1080. The van der Waals surface area contributed by atoms with Crippen LogP contribution in [0.15, 0.2) is 51.9 Å². The Labute approximate surface area is 154 Å². The van der Waals surface area contributed by atoms with Gasteiger partial charge in [-0.1, -0.05) is 12.1 Å². The van der Waals surface area contributed by atoms with Crippen LogP contribution < -0.4 is 19.6 Å². The van der Waals surface area contributed by atoms with Crippen LogP contribution in [0.4, 0.5) is 0 Å². The van der Waals surface area contributed by atoms with Gasteiger partial charge in [-0.25, -0.2) is 0 Å². The maximum atomic E-state index is 13.0. The highest BCUT2D eigenvalue weighted by atomic mass is 16.5. The molecule has 0 spiro atoms. The molecule has 0 amide bonds. The zero-order valence-electron chi connectivity index (χ0n) is 14.9. The first-order valence-corrected chi connectivity index (χ1v) is 8.00. The summed E-state index contributed by atoms with van der Waals surface area (Å²) in [4.78, 5) is 35.4. The van der Waals surface area contributed by atoms with Crippen molar-refractivity contribution in [3.8, 4) is 28.4 Å². The van der Waals surface area contributed by atoms with E-state index in [1.54, 1.807) is 24.3 Å². The fourth-order valence-electron chi connectivity index (χ4n) is 2.61. The molecular weight excluding hydrogens is 352 g/mol. The first kappa shape index (κ1) is 18.2. The SMILES string of the molecule is COc1cc(OC(C)=O)c2c(=O)c(-c3ccc(OC(C)=O)cc3)coc2c1. The van der Waals surface area contributed by atoms with Gasteiger partial charge in [-0.2, -0.15) is 0 Å². The standard InChI is InChI=1S/C20H16O7/c1-11(21)26-14-6-4-13(5-7-14)16-10-25-17-8-15(24-3)9-18(27-12(2)22)19(17)20(16)23/h4-10H,1-3H3. The number of carbonyl (C=O) groups excluding carboxylic acids is 2. The van der Waals surface area contributed by atoms with Gasteiger partial charge in [0.15, 0.2) is 0 Å². The molecule has 0 atom stereocenters. The molecule has 0 bridgehead atoms. The summed E-state index contributed by atoms with van der Waals surface area (Å²) in [6, 6.07) is 9.39. The lowest BCUT2D eigenvalue weighted by molar-refractivity contribution is -0.132. The third-order valence-electron chi connectivity index (χ3n) is 3.73. The molecule has 0 saturated carbocycles. The second kappa shape index (κ2) is 7.33. The Morgan fingerprint density at radius 2 is 1.59 bits per heavy atom. The molecule has 0 N–H and O–H groups in total. The maximum Gasteiger partial charge on any atom is 0.308 e. The van der Waals surface area contributed by atoms with Crippen molar-refractivity contribution in [1.29, 1.82) is 0 Å². The number of esters is 2. The predicted octanol–water partition coefficient (Wildman–Crippen LogP) is 3.32. The van der Waals surface area contributed by atoms with Crippen molar-refractivity contribution in [2.45, 2.75) is 13.8 Å². The summed E-state index contributed by atoms with van der Waals surface area (Å²) in [5.41, 5.74) is 0.702. The van der Waals surface area contributed by atoms with E-state index in [2.05, 4.69) is 0 Å². The number of carbonyl (C=O) groups is 2. The largest absolute Gasteiger partial charge is 0.496 e. The first-order valence-electron chi connectivity index (χ1n) is 8.00. The van der Waals surface area contributed by atoms with E-state index >= 15 is 0 Å². The van der Waals surface area contributed by atoms with Crippen molar-refractivity contribution in [1.82, 2.24) is 0 Å². The molecule has 7 nitrogen and oxygen atoms in total. The highest BCUT2D eigenvalue weighted by molar-refractivity contribution is 5.90. The van der Waals surface area contributed by atoms with E-state index in [4.69, 9.17) is 18.6 Å². The summed E-state index contributed by atoms with van der Waals surface area (Å²) >= 11 is 0. The van der Waals surface area contributed by atoms with Gasteiger partial charge >= 0.3 is 11.9 Å². The van der Waals surface area contributed by atoms with E-state index in [0.29, 0.717) is 17.1 Å². The van der Waals surface area contributed by atoms with Crippen molar-refractivity contribution in [3.05, 3.63) is 52.9 Å². The summed E-state index contributed by atoms with van der Waals surface area (Å²) in [7, 11) is 1.45. The number of methoxy groups -OCH3 is 1. The second-order valence-corrected chi connectivity index (χ2v) is 5.69. The first-order chi connectivity index (χ1) is 12.9. The molecule has 0 aliphatic carbocycles. The fraction of sp³-hybridized carbons (Fsp3) is 0.150. The van der Waals surface area contributed by atoms with Crippen LogP contribution in [0, 0.1) is 0 Å². The summed E-state index contributed by atoms with van der Waals surface area (Å²) in [6.45, 7) is 2.54. The van der Waals surface area contributed by atoms with Crippen molar-refractivity contribution in [3.63, 3.8) is 0 Å². The quantitative estimate of drug-likeness (QED) is 0.515. The van der Waals surface area contributed by atoms with Crippen LogP contribution in [0.3, 0.4) is 0 Å². The molecule has 3 aromatic rings. The smallest absolute Gasteiger partial charge is 0.308 e. The Morgan fingerprint density at radius 1 is 0.926 bits per heavy atom. The zero-order valence-corrected chi connectivity index (χ0v) is 14.9. The molecule has 0 unspecified atom stereocenters. The fourth-order valence-corrected chi connectivity index (χ4v) is 2.61. The van der Waals surface area contributed by atoms with Crippen molar-refractivity contribution in [2.75, 3.05) is 7.11 Å². The minimum Gasteiger partial charge on any atom is -0.496 e. The highest BCUT2D eigenvalue weighted by Gasteiger charge is 2.17. The number of hydrogen-bond donors (Lipinski definition) is 0. The Kier molecular flexibility index (Phi) is 4.94. The molecule has 0 radical (unpaired) electrons. The van der Waals surface area contributed by atoms with Crippen molar-refractivity contribution >= 4 is 22.9 Å². The molecule has 138 valence electrons. The summed E-state index contributed by atoms with van der Waals surface area (Å²) < 4.78 is 20.9. The van der Waals surface area contributed by atoms with Gasteiger partial charge in [-0.05, 0) is 17.7 Å². The topological polar surface area (TPSA) is 92.0 Å². The lowest BCUT2D eigenvalue weighted by atomic mass is 10.0. The molecule has 0 fully saturated rings. The summed E-state index contributed by atoms with van der Waals surface area (Å²) in [6.07, 6.45) is 1.32. The van der Waals surface area contributed by atoms with Crippen LogP contribution in [-0.4, -0.2) is 19.0 Å². The van der Waals surface area contributed by atoms with Crippen LogP contribution in [0.25, 0.3) is 22.1 Å². The minimum absolute atomic E-state index is 0.0592. The van der Waals surface area contributed by atoms with Gasteiger partial charge < -0.3 is 18.6 Å². The van der Waals surface area contributed by atoms with E-state index in [1.807, 2.05) is 0 Å². The molecule has 0 saturated heterocycles. The summed E-state index contributed by atoms with van der Waals surface area (Å²) in [5, 5.41) is 0.132. The number of benzene rings is 2. The van der Waals surface area contributed by atoms with E-state index in [0.717, 1.165) is 0 Å². The van der Waals surface area contributed by atoms with Gasteiger partial charge in [-0.3, -0.25) is 14.4 Å². The lowest BCUT2D eigenvalue weighted by Gasteiger charge is -2.10. The minimum atomic E-state index is -0.569. The van der Waals surface area contributed by atoms with Gasteiger partial charge in [0.2, 0.25) is 5.43 Å². The van der Waals surface area contributed by atoms with Gasteiger partial charge in [0, 0.05) is 26.0 Å². The Hall–Kier alpha value is -3.61. The van der Waals surface area contributed by atoms with Gasteiger partial charge in [0.25, 0.3) is 0 Å². The molecule has 0 aliphatic rings. The number of fused-ring (bicyclic) bond motifs is 1. The second-order valence-electron chi connectivity index (χ2n) is 5.69. The predicted molar refractivity (Wildman–Crippen MR) is 97.1 cm³/mol. The van der Waals surface area contributed by atoms with Crippen LogP contribution in [0.2, 0.25) is 0 Å². The van der Waals surface area contributed by atoms with Crippen LogP contribution >= 0.6 is 0 Å². The molecule has 3 rings (SSSR count). The van der Waals surface area contributed by atoms with Crippen molar-refractivity contribution < 1.29 is 28.2 Å². The molecular formula is C20H16O7. The molecule has 1 aromatic heterocycles. The molecule has 1 heterocycles. The zero-order chi connectivity index (χ0) is 19.6. The van der Waals surface area contributed by atoms with E-state index < -0.39 is 11.9 Å². The average Bonchev–Trinajstić information content (AvgIpc) is 2.61. The molecule has 7 heteroatoms. The van der Waals surface area contributed by atoms with Gasteiger partial charge in [0.05, 0.1) is 12.7 Å². The van der Waals surface area contributed by atoms with Crippen molar-refractivity contribution in [2.24, 2.45) is 0 Å². The average molecular weight is 368 g/mol. The summed E-state index contributed by atoms with van der Waals surface area (Å²) in [5.74, 6) is -0.195. The Morgan fingerprint density at radius 3 is 2.19 bits per heavy atom. The lowest BCUT2D eigenvalue weighted by Crippen LogP contribution is -2.10. The molecule has 2 aromatic carbocycles. The highest BCUT2D eigenvalue weighted by Crippen LogP contribution is 2.31. The normalized spacial score (nSPS) is 10.5. The number of ether oxygens (including phenoxy) is 3. The van der Waals surface area contributed by atoms with Gasteiger partial charge in [-0.15, -0.1) is 0 Å². The number of rotatable bonds is 4. The molecule has 27 heavy (non-hydrogen) atoms. The van der Waals surface area contributed by atoms with E-state index in [9.17, 15) is 14.4 Å². The Balaban J connectivity index is 2.15. The van der Waals surface area contributed by atoms with E-state index in [1.165, 1.54) is 39.4 Å². The van der Waals surface area contributed by atoms with Gasteiger partial charge in [0.1, 0.15) is 34.5 Å². The monoisotopic (exact) mass is 368 g/mol. The van der Waals surface area contributed by atoms with Crippen LogP contribution in [0.5, 0.6) is 17.2 Å². The van der Waals surface area contributed by atoms with Crippen LogP contribution in [-0.2, 0) is 9.59 Å². The number of hydrogen-bond acceptors (Lipinski definition) is 7. The third kappa shape index (κ3) is 3.82. The van der Waals surface area contributed by atoms with E-state index in [-0.39, 0.29) is 27.7 Å². The maximum absolute atomic E-state index is 13.0. The van der Waals surface area contributed by atoms with Crippen LogP contribution in [0.1, 0.15) is 13.8 Å².